The fourth-order valence-electron chi connectivity index (χ4n) is 1.62. The second kappa shape index (κ2) is 4.41. The molecule has 0 aromatic heterocycles. The summed E-state index contributed by atoms with van der Waals surface area (Å²) < 4.78 is 25.5. The topological polar surface area (TPSA) is 44.5 Å². The smallest absolute Gasteiger partial charge is 0.194 e. The van der Waals surface area contributed by atoms with Crippen molar-refractivity contribution in [3.8, 4) is 0 Å². The van der Waals surface area contributed by atoms with Crippen molar-refractivity contribution in [1.82, 2.24) is 0 Å². The van der Waals surface area contributed by atoms with E-state index in [2.05, 4.69) is 15.9 Å². The van der Waals surface area contributed by atoms with Crippen LogP contribution in [0.2, 0.25) is 0 Å². The van der Waals surface area contributed by atoms with Gasteiger partial charge in [0.1, 0.15) is 5.82 Å². The first-order valence-corrected chi connectivity index (χ1v) is 5.79. The Labute approximate surface area is 102 Å². The van der Waals surface area contributed by atoms with E-state index in [0.29, 0.717) is 18.8 Å². The summed E-state index contributed by atoms with van der Waals surface area (Å²) in [5, 5.41) is 0. The molecule has 0 unspecified atom stereocenters. The number of hydrogen-bond acceptors (Lipinski definition) is 3. The molecular weight excluding hydrogens is 277 g/mol. The first-order valence-electron chi connectivity index (χ1n) is 5.00. The van der Waals surface area contributed by atoms with E-state index in [1.807, 2.05) is 0 Å². The molecule has 3 nitrogen and oxygen atoms in total. The lowest BCUT2D eigenvalue weighted by Gasteiger charge is -2.36. The zero-order valence-electron chi connectivity index (χ0n) is 8.87. The van der Waals surface area contributed by atoms with Crippen LogP contribution < -0.4 is 5.73 Å². The summed E-state index contributed by atoms with van der Waals surface area (Å²) in [6.07, 6.45) is 0. The van der Waals surface area contributed by atoms with Crippen LogP contribution in [-0.4, -0.2) is 19.3 Å². The lowest BCUT2D eigenvalue weighted by atomic mass is 10.1. The van der Waals surface area contributed by atoms with Gasteiger partial charge in [0.25, 0.3) is 0 Å². The van der Waals surface area contributed by atoms with E-state index in [1.54, 1.807) is 19.1 Å². The molecule has 1 fully saturated rings. The predicted octanol–water partition coefficient (Wildman–Crippen LogP) is 2.13. The van der Waals surface area contributed by atoms with Crippen molar-refractivity contribution >= 4 is 15.9 Å². The minimum Gasteiger partial charge on any atom is -0.344 e. The van der Waals surface area contributed by atoms with Gasteiger partial charge >= 0.3 is 0 Å². The Morgan fingerprint density at radius 2 is 2.06 bits per heavy atom. The van der Waals surface area contributed by atoms with Crippen LogP contribution in [-0.2, 0) is 15.3 Å². The first-order chi connectivity index (χ1) is 7.51. The maximum absolute atomic E-state index is 13.7. The van der Waals surface area contributed by atoms with E-state index in [4.69, 9.17) is 15.2 Å². The standard InChI is InChI=1S/C11H13BrFNO2/c1-11(15-5-8(14)6-16-11)9-4-7(12)2-3-10(9)13/h2-4,8H,5-6,14H2,1H3. The molecule has 0 aliphatic carbocycles. The minimum atomic E-state index is -1.05. The molecule has 88 valence electrons. The molecular formula is C11H13BrFNO2. The molecule has 0 bridgehead atoms. The minimum absolute atomic E-state index is 0.150. The molecule has 2 N–H and O–H groups in total. The second-order valence-corrected chi connectivity index (χ2v) is 4.87. The van der Waals surface area contributed by atoms with Gasteiger partial charge in [-0.05, 0) is 25.1 Å². The maximum atomic E-state index is 13.7. The average molecular weight is 290 g/mol. The Hall–Kier alpha value is -0.490. The fourth-order valence-corrected chi connectivity index (χ4v) is 1.98. The zero-order chi connectivity index (χ0) is 11.8. The van der Waals surface area contributed by atoms with Gasteiger partial charge in [-0.25, -0.2) is 4.39 Å². The van der Waals surface area contributed by atoms with Crippen molar-refractivity contribution in [3.05, 3.63) is 34.1 Å². The summed E-state index contributed by atoms with van der Waals surface area (Å²) >= 11 is 3.30. The number of nitrogens with two attached hydrogens (primary N) is 1. The Balaban J connectivity index is 2.32. The molecule has 0 amide bonds. The third-order valence-corrected chi connectivity index (χ3v) is 3.06. The third-order valence-electron chi connectivity index (χ3n) is 2.56. The van der Waals surface area contributed by atoms with Crippen LogP contribution in [0.5, 0.6) is 0 Å². The van der Waals surface area contributed by atoms with Crippen molar-refractivity contribution in [1.29, 1.82) is 0 Å². The van der Waals surface area contributed by atoms with E-state index in [-0.39, 0.29) is 11.9 Å². The molecule has 0 atom stereocenters. The van der Waals surface area contributed by atoms with Crippen LogP contribution in [0.4, 0.5) is 4.39 Å². The van der Waals surface area contributed by atoms with Crippen LogP contribution >= 0.6 is 15.9 Å². The fraction of sp³-hybridized carbons (Fsp3) is 0.455. The molecule has 1 heterocycles. The van der Waals surface area contributed by atoms with Crippen LogP contribution in [0.25, 0.3) is 0 Å². The molecule has 1 aromatic rings. The SMILES string of the molecule is CC1(c2cc(Br)ccc2F)OCC(N)CO1. The van der Waals surface area contributed by atoms with E-state index in [0.717, 1.165) is 4.47 Å². The van der Waals surface area contributed by atoms with Gasteiger partial charge in [-0.15, -0.1) is 0 Å². The summed E-state index contributed by atoms with van der Waals surface area (Å²) in [7, 11) is 0. The molecule has 5 heteroatoms. The molecule has 0 radical (unpaired) electrons. The molecule has 1 aromatic carbocycles. The first kappa shape index (κ1) is 12.0. The number of benzene rings is 1. The van der Waals surface area contributed by atoms with E-state index in [9.17, 15) is 4.39 Å². The highest BCUT2D eigenvalue weighted by Crippen LogP contribution is 2.33. The van der Waals surface area contributed by atoms with Gasteiger partial charge in [0, 0.05) is 10.0 Å². The molecule has 1 aliphatic heterocycles. The van der Waals surface area contributed by atoms with Gasteiger partial charge < -0.3 is 15.2 Å². The van der Waals surface area contributed by atoms with Crippen molar-refractivity contribution in [2.75, 3.05) is 13.2 Å². The lowest BCUT2D eigenvalue weighted by molar-refractivity contribution is -0.271. The number of halogens is 2. The highest BCUT2D eigenvalue weighted by molar-refractivity contribution is 9.10. The van der Waals surface area contributed by atoms with Crippen molar-refractivity contribution in [3.63, 3.8) is 0 Å². The van der Waals surface area contributed by atoms with E-state index < -0.39 is 5.79 Å². The highest BCUT2D eigenvalue weighted by atomic mass is 79.9. The van der Waals surface area contributed by atoms with Crippen LogP contribution in [0.3, 0.4) is 0 Å². The van der Waals surface area contributed by atoms with E-state index >= 15 is 0 Å². The monoisotopic (exact) mass is 289 g/mol. The summed E-state index contributed by atoms with van der Waals surface area (Å²) in [6, 6.07) is 4.53. The molecule has 1 saturated heterocycles. The van der Waals surface area contributed by atoms with Gasteiger partial charge in [-0.3, -0.25) is 0 Å². The van der Waals surface area contributed by atoms with Crippen LogP contribution in [0.15, 0.2) is 22.7 Å². The largest absolute Gasteiger partial charge is 0.344 e. The van der Waals surface area contributed by atoms with Gasteiger partial charge in [0.2, 0.25) is 0 Å². The van der Waals surface area contributed by atoms with Crippen LogP contribution in [0.1, 0.15) is 12.5 Å². The second-order valence-electron chi connectivity index (χ2n) is 3.95. The molecule has 1 aliphatic rings. The number of hydrogen-bond donors (Lipinski definition) is 1. The zero-order valence-corrected chi connectivity index (χ0v) is 10.5. The highest BCUT2D eigenvalue weighted by Gasteiger charge is 2.36. The van der Waals surface area contributed by atoms with Gasteiger partial charge in [0.15, 0.2) is 5.79 Å². The average Bonchev–Trinajstić information content (AvgIpc) is 2.26. The maximum Gasteiger partial charge on any atom is 0.194 e. The Bertz CT molecular complexity index is 392. The number of rotatable bonds is 1. The van der Waals surface area contributed by atoms with Crippen molar-refractivity contribution < 1.29 is 13.9 Å². The molecule has 2 rings (SSSR count). The van der Waals surface area contributed by atoms with Gasteiger partial charge in [-0.1, -0.05) is 15.9 Å². The lowest BCUT2D eigenvalue weighted by Crippen LogP contribution is -2.46. The Morgan fingerprint density at radius 3 is 2.69 bits per heavy atom. The number of ether oxygens (including phenoxy) is 2. The summed E-state index contributed by atoms with van der Waals surface area (Å²) in [4.78, 5) is 0. The normalized spacial score (nSPS) is 30.4. The van der Waals surface area contributed by atoms with Crippen molar-refractivity contribution in [2.45, 2.75) is 18.8 Å². The van der Waals surface area contributed by atoms with E-state index in [1.165, 1.54) is 6.07 Å². The Morgan fingerprint density at radius 1 is 1.44 bits per heavy atom. The molecule has 0 spiro atoms. The van der Waals surface area contributed by atoms with Gasteiger partial charge in [0.05, 0.1) is 19.3 Å². The summed E-state index contributed by atoms with van der Waals surface area (Å²) in [5.41, 5.74) is 6.03. The van der Waals surface area contributed by atoms with Crippen LogP contribution in [0, 0.1) is 5.82 Å². The predicted molar refractivity (Wildman–Crippen MR) is 61.3 cm³/mol. The quantitative estimate of drug-likeness (QED) is 0.861. The summed E-state index contributed by atoms with van der Waals surface area (Å²) in [6.45, 7) is 2.43. The third kappa shape index (κ3) is 2.27. The molecule has 0 saturated carbocycles. The Kier molecular flexibility index (Phi) is 3.30. The summed E-state index contributed by atoms with van der Waals surface area (Å²) in [5.74, 6) is -1.40. The van der Waals surface area contributed by atoms with Crippen molar-refractivity contribution in [2.24, 2.45) is 5.73 Å². The van der Waals surface area contributed by atoms with Gasteiger partial charge in [-0.2, -0.15) is 0 Å². The molecule has 16 heavy (non-hydrogen) atoms.